The summed E-state index contributed by atoms with van der Waals surface area (Å²) in [5.41, 5.74) is 5.88. The van der Waals surface area contributed by atoms with Crippen LogP contribution < -0.4 is 5.73 Å². The number of nitrogens with zero attached hydrogens (tertiary/aromatic N) is 1. The van der Waals surface area contributed by atoms with E-state index in [0.29, 0.717) is 12.8 Å². The average molecular weight is 254 g/mol. The van der Waals surface area contributed by atoms with Crippen molar-refractivity contribution in [2.45, 2.75) is 63.6 Å². The number of nitrogens with two attached hydrogens (primary N) is 1. The maximum atomic E-state index is 12.3. The van der Waals surface area contributed by atoms with E-state index in [0.717, 1.165) is 32.2 Å². The Bertz CT molecular complexity index is 279. The first-order valence-corrected chi connectivity index (χ1v) is 6.91. The molecule has 1 fully saturated rings. The summed E-state index contributed by atoms with van der Waals surface area (Å²) >= 11 is 0. The highest BCUT2D eigenvalue weighted by Crippen LogP contribution is 2.21. The number of carbonyl (C=O) groups excluding carboxylic acids is 1. The fourth-order valence-electron chi connectivity index (χ4n) is 2.60. The first-order valence-electron chi connectivity index (χ1n) is 6.91. The monoisotopic (exact) mass is 254 g/mol. The SMILES string of the molecule is C=CCC(N)C(=O)N1CCCCCC1CC(C)O. The standard InChI is InChI=1S/C14H26N2O2/c1-3-7-13(15)14(18)16-9-6-4-5-8-12(16)10-11(2)17/h3,11-13,17H,1,4-10,15H2,2H3. The van der Waals surface area contributed by atoms with Crippen LogP contribution in [0.1, 0.15) is 45.4 Å². The average Bonchev–Trinajstić information content (AvgIpc) is 2.53. The fraction of sp³-hybridized carbons (Fsp3) is 0.786. The van der Waals surface area contributed by atoms with Crippen LogP contribution in [0, 0.1) is 0 Å². The molecule has 104 valence electrons. The first kappa shape index (κ1) is 15.2. The van der Waals surface area contributed by atoms with Gasteiger partial charge in [-0.05, 0) is 32.6 Å². The number of rotatable bonds is 5. The minimum absolute atomic E-state index is 0.00227. The molecule has 0 radical (unpaired) electrons. The fourth-order valence-corrected chi connectivity index (χ4v) is 2.60. The zero-order valence-electron chi connectivity index (χ0n) is 11.3. The van der Waals surface area contributed by atoms with E-state index in [4.69, 9.17) is 5.73 Å². The maximum Gasteiger partial charge on any atom is 0.240 e. The number of carbonyl (C=O) groups is 1. The van der Waals surface area contributed by atoms with Gasteiger partial charge in [0.25, 0.3) is 0 Å². The topological polar surface area (TPSA) is 66.6 Å². The van der Waals surface area contributed by atoms with E-state index >= 15 is 0 Å². The van der Waals surface area contributed by atoms with Gasteiger partial charge in [-0.1, -0.05) is 18.9 Å². The molecule has 1 aliphatic heterocycles. The Labute approximate surface area is 110 Å². The molecule has 0 aliphatic carbocycles. The second kappa shape index (κ2) is 7.54. The highest BCUT2D eigenvalue weighted by Gasteiger charge is 2.28. The van der Waals surface area contributed by atoms with Gasteiger partial charge in [0.05, 0.1) is 12.1 Å². The van der Waals surface area contributed by atoms with Crippen LogP contribution in [0.2, 0.25) is 0 Å². The first-order chi connectivity index (χ1) is 8.56. The zero-order chi connectivity index (χ0) is 13.5. The molecule has 0 spiro atoms. The molecule has 3 unspecified atom stereocenters. The lowest BCUT2D eigenvalue weighted by atomic mass is 10.0. The normalized spacial score (nSPS) is 24.2. The van der Waals surface area contributed by atoms with Gasteiger partial charge >= 0.3 is 0 Å². The molecule has 3 atom stereocenters. The van der Waals surface area contributed by atoms with Crippen molar-refractivity contribution < 1.29 is 9.90 Å². The minimum atomic E-state index is -0.489. The number of hydrogen-bond acceptors (Lipinski definition) is 3. The number of likely N-dealkylation sites (tertiary alicyclic amines) is 1. The van der Waals surface area contributed by atoms with Crippen molar-refractivity contribution in [3.63, 3.8) is 0 Å². The molecule has 1 amide bonds. The van der Waals surface area contributed by atoms with Crippen LogP contribution in [0.25, 0.3) is 0 Å². The highest BCUT2D eigenvalue weighted by atomic mass is 16.3. The summed E-state index contributed by atoms with van der Waals surface area (Å²) in [7, 11) is 0. The van der Waals surface area contributed by atoms with Crippen molar-refractivity contribution in [3.8, 4) is 0 Å². The van der Waals surface area contributed by atoms with Crippen molar-refractivity contribution in [3.05, 3.63) is 12.7 Å². The summed E-state index contributed by atoms with van der Waals surface area (Å²) < 4.78 is 0. The largest absolute Gasteiger partial charge is 0.393 e. The molecule has 4 heteroatoms. The zero-order valence-corrected chi connectivity index (χ0v) is 11.3. The smallest absolute Gasteiger partial charge is 0.240 e. The molecule has 4 nitrogen and oxygen atoms in total. The quantitative estimate of drug-likeness (QED) is 0.729. The molecule has 3 N–H and O–H groups in total. The number of aliphatic hydroxyl groups excluding tert-OH is 1. The van der Waals surface area contributed by atoms with Crippen LogP contribution in [0.4, 0.5) is 0 Å². The van der Waals surface area contributed by atoms with Crippen molar-refractivity contribution in [1.82, 2.24) is 4.90 Å². The lowest BCUT2D eigenvalue weighted by Gasteiger charge is -2.32. The molecule has 0 aromatic carbocycles. The Kier molecular flexibility index (Phi) is 6.36. The Morgan fingerprint density at radius 3 is 2.89 bits per heavy atom. The molecule has 1 heterocycles. The highest BCUT2D eigenvalue weighted by molar-refractivity contribution is 5.82. The molecule has 0 aromatic rings. The summed E-state index contributed by atoms with van der Waals surface area (Å²) in [6, 6.07) is -0.354. The lowest BCUT2D eigenvalue weighted by molar-refractivity contribution is -0.135. The van der Waals surface area contributed by atoms with Gasteiger partial charge in [-0.25, -0.2) is 0 Å². The molecule has 18 heavy (non-hydrogen) atoms. The van der Waals surface area contributed by atoms with Crippen molar-refractivity contribution in [1.29, 1.82) is 0 Å². The molecule has 1 saturated heterocycles. The van der Waals surface area contributed by atoms with Crippen LogP contribution >= 0.6 is 0 Å². The Morgan fingerprint density at radius 1 is 1.56 bits per heavy atom. The summed E-state index contributed by atoms with van der Waals surface area (Å²) in [6.07, 6.45) is 6.74. The van der Waals surface area contributed by atoms with E-state index in [1.54, 1.807) is 13.0 Å². The van der Waals surface area contributed by atoms with E-state index in [-0.39, 0.29) is 18.1 Å². The molecule has 0 bridgehead atoms. The van der Waals surface area contributed by atoms with Crippen molar-refractivity contribution >= 4 is 5.91 Å². The predicted molar refractivity (Wildman–Crippen MR) is 73.1 cm³/mol. The molecule has 0 aromatic heterocycles. The molecular weight excluding hydrogens is 228 g/mol. The molecular formula is C14H26N2O2. The summed E-state index contributed by atoms with van der Waals surface area (Å²) in [5.74, 6) is 0.00227. The van der Waals surface area contributed by atoms with Crippen LogP contribution in [0.15, 0.2) is 12.7 Å². The second-order valence-electron chi connectivity index (χ2n) is 5.25. The molecule has 1 rings (SSSR count). The predicted octanol–water partition coefficient (Wildman–Crippen LogP) is 1.43. The van der Waals surface area contributed by atoms with E-state index < -0.39 is 6.04 Å². The van der Waals surface area contributed by atoms with Crippen molar-refractivity contribution in [2.75, 3.05) is 6.54 Å². The van der Waals surface area contributed by atoms with Gasteiger partial charge < -0.3 is 15.7 Å². The van der Waals surface area contributed by atoms with Crippen LogP contribution in [0.5, 0.6) is 0 Å². The van der Waals surface area contributed by atoms with Gasteiger partial charge in [0, 0.05) is 12.6 Å². The second-order valence-corrected chi connectivity index (χ2v) is 5.25. The molecule has 0 saturated carbocycles. The van der Waals surface area contributed by atoms with E-state index in [1.165, 1.54) is 0 Å². The minimum Gasteiger partial charge on any atom is -0.393 e. The van der Waals surface area contributed by atoms with Gasteiger partial charge in [0.2, 0.25) is 5.91 Å². The van der Waals surface area contributed by atoms with Crippen LogP contribution in [-0.4, -0.2) is 40.6 Å². The van der Waals surface area contributed by atoms with Gasteiger partial charge in [0.15, 0.2) is 0 Å². The van der Waals surface area contributed by atoms with Crippen molar-refractivity contribution in [2.24, 2.45) is 5.73 Å². The lowest BCUT2D eigenvalue weighted by Crippen LogP contribution is -2.49. The van der Waals surface area contributed by atoms with Gasteiger partial charge in [0.1, 0.15) is 0 Å². The Hall–Kier alpha value is -0.870. The number of hydrogen-bond donors (Lipinski definition) is 2. The van der Waals surface area contributed by atoms with E-state index in [1.807, 2.05) is 4.90 Å². The Morgan fingerprint density at radius 2 is 2.28 bits per heavy atom. The van der Waals surface area contributed by atoms with Gasteiger partial charge in [-0.2, -0.15) is 0 Å². The van der Waals surface area contributed by atoms with Gasteiger partial charge in [-0.3, -0.25) is 4.79 Å². The van der Waals surface area contributed by atoms with Crippen LogP contribution in [0.3, 0.4) is 0 Å². The third-order valence-electron chi connectivity index (χ3n) is 3.51. The third-order valence-corrected chi connectivity index (χ3v) is 3.51. The summed E-state index contributed by atoms with van der Waals surface area (Å²) in [5, 5.41) is 9.55. The maximum absolute atomic E-state index is 12.3. The summed E-state index contributed by atoms with van der Waals surface area (Å²) in [6.45, 7) is 6.16. The van der Waals surface area contributed by atoms with Gasteiger partial charge in [-0.15, -0.1) is 6.58 Å². The third kappa shape index (κ3) is 4.42. The van der Waals surface area contributed by atoms with E-state index in [9.17, 15) is 9.90 Å². The number of amides is 1. The molecule has 1 aliphatic rings. The Balaban J connectivity index is 2.71. The van der Waals surface area contributed by atoms with Crippen LogP contribution in [-0.2, 0) is 4.79 Å². The van der Waals surface area contributed by atoms with E-state index in [2.05, 4.69) is 6.58 Å². The number of aliphatic hydroxyl groups is 1. The summed E-state index contributed by atoms with van der Waals surface area (Å²) in [4.78, 5) is 14.2.